The van der Waals surface area contributed by atoms with Gasteiger partial charge in [-0.25, -0.2) is 0 Å². The molecule has 0 bridgehead atoms. The molecule has 0 radical (unpaired) electrons. The summed E-state index contributed by atoms with van der Waals surface area (Å²) in [6.07, 6.45) is 8.08. The molecule has 1 aliphatic rings. The first kappa shape index (κ1) is 18.7. The van der Waals surface area contributed by atoms with Gasteiger partial charge in [-0.3, -0.25) is 14.5 Å². The maximum atomic E-state index is 12.3. The van der Waals surface area contributed by atoms with E-state index in [9.17, 15) is 9.90 Å². The fourth-order valence-electron chi connectivity index (χ4n) is 3.40. The third kappa shape index (κ3) is 4.95. The number of hydrogen-bond acceptors (Lipinski definition) is 5. The molecule has 2 aromatic heterocycles. The zero-order valence-electron chi connectivity index (χ0n) is 14.8. The minimum Gasteiger partial charge on any atom is -0.391 e. The summed E-state index contributed by atoms with van der Waals surface area (Å²) in [7, 11) is 1.94. The number of anilines is 1. The summed E-state index contributed by atoms with van der Waals surface area (Å²) in [6, 6.07) is 3.61. The molecule has 1 unspecified atom stereocenters. The van der Waals surface area contributed by atoms with Crippen molar-refractivity contribution in [2.45, 2.75) is 38.0 Å². The van der Waals surface area contributed by atoms with E-state index < -0.39 is 6.10 Å². The van der Waals surface area contributed by atoms with Crippen LogP contribution in [0.25, 0.3) is 0 Å². The largest absolute Gasteiger partial charge is 0.391 e. The molecule has 3 atom stereocenters. The summed E-state index contributed by atoms with van der Waals surface area (Å²) in [4.78, 5) is 18.3. The lowest BCUT2D eigenvalue weighted by atomic mass is 10.1. The fourth-order valence-corrected chi connectivity index (χ4v) is 3.56. The van der Waals surface area contributed by atoms with Crippen molar-refractivity contribution < 1.29 is 9.90 Å². The Labute approximate surface area is 158 Å². The molecule has 2 aromatic rings. The molecule has 1 amide bonds. The van der Waals surface area contributed by atoms with Gasteiger partial charge in [-0.1, -0.05) is 11.6 Å². The number of nitrogens with one attached hydrogen (secondary N) is 1. The first-order chi connectivity index (χ1) is 12.5. The van der Waals surface area contributed by atoms with Crippen molar-refractivity contribution in [2.75, 3.05) is 18.5 Å². The van der Waals surface area contributed by atoms with E-state index in [1.54, 1.807) is 29.5 Å². The van der Waals surface area contributed by atoms with Crippen molar-refractivity contribution in [1.29, 1.82) is 0 Å². The van der Waals surface area contributed by atoms with Crippen LogP contribution in [0, 0.1) is 5.92 Å². The van der Waals surface area contributed by atoms with Gasteiger partial charge in [0.2, 0.25) is 5.91 Å². The summed E-state index contributed by atoms with van der Waals surface area (Å²) in [5.41, 5.74) is 1.02. The van der Waals surface area contributed by atoms with Gasteiger partial charge >= 0.3 is 0 Å². The normalized spacial score (nSPS) is 22.3. The van der Waals surface area contributed by atoms with Crippen molar-refractivity contribution in [3.8, 4) is 0 Å². The van der Waals surface area contributed by atoms with Crippen LogP contribution >= 0.6 is 11.6 Å². The Bertz CT molecular complexity index is 723. The van der Waals surface area contributed by atoms with Crippen molar-refractivity contribution in [3.63, 3.8) is 0 Å². The zero-order valence-corrected chi connectivity index (χ0v) is 15.5. The van der Waals surface area contributed by atoms with Gasteiger partial charge in [-0.15, -0.1) is 0 Å². The lowest BCUT2D eigenvalue weighted by molar-refractivity contribution is -0.122. The minimum absolute atomic E-state index is 0.0438. The molecule has 26 heavy (non-hydrogen) atoms. The molecule has 3 rings (SSSR count). The van der Waals surface area contributed by atoms with Gasteiger partial charge in [0.05, 0.1) is 23.4 Å². The van der Waals surface area contributed by atoms with E-state index in [1.807, 2.05) is 24.1 Å². The zero-order chi connectivity index (χ0) is 18.5. The van der Waals surface area contributed by atoms with Gasteiger partial charge in [0.1, 0.15) is 0 Å². The minimum atomic E-state index is -0.520. The quantitative estimate of drug-likeness (QED) is 0.767. The second-order valence-electron chi connectivity index (χ2n) is 6.84. The van der Waals surface area contributed by atoms with E-state index in [-0.39, 0.29) is 17.9 Å². The first-order valence-electron chi connectivity index (χ1n) is 8.78. The molecule has 1 aliphatic carbocycles. The van der Waals surface area contributed by atoms with Gasteiger partial charge in [-0.2, -0.15) is 5.10 Å². The number of aromatic nitrogens is 3. The molecule has 1 saturated carbocycles. The third-order valence-electron chi connectivity index (χ3n) is 4.80. The average Bonchev–Trinajstić information content (AvgIpc) is 3.19. The Morgan fingerprint density at radius 1 is 1.42 bits per heavy atom. The van der Waals surface area contributed by atoms with E-state index in [4.69, 9.17) is 11.6 Å². The van der Waals surface area contributed by atoms with Crippen molar-refractivity contribution in [3.05, 3.63) is 41.9 Å². The number of carbonyl (C=O) groups excluding carboxylic acids is 1. The molecule has 0 aliphatic heterocycles. The molecule has 0 aromatic carbocycles. The molecule has 8 heteroatoms. The lowest BCUT2D eigenvalue weighted by Crippen LogP contribution is -2.41. The number of carbonyl (C=O) groups is 1. The summed E-state index contributed by atoms with van der Waals surface area (Å²) >= 11 is 5.88. The van der Waals surface area contributed by atoms with Gasteiger partial charge in [0, 0.05) is 50.8 Å². The smallest absolute Gasteiger partial charge is 0.222 e. The monoisotopic (exact) mass is 377 g/mol. The van der Waals surface area contributed by atoms with E-state index in [0.717, 1.165) is 12.1 Å². The molecule has 2 heterocycles. The highest BCUT2D eigenvalue weighted by Gasteiger charge is 2.34. The summed E-state index contributed by atoms with van der Waals surface area (Å²) in [5, 5.41) is 18.0. The number of amides is 1. The molecule has 140 valence electrons. The van der Waals surface area contributed by atoms with Crippen molar-refractivity contribution in [2.24, 2.45) is 5.92 Å². The van der Waals surface area contributed by atoms with E-state index in [1.165, 1.54) is 0 Å². The van der Waals surface area contributed by atoms with Crippen molar-refractivity contribution >= 4 is 23.2 Å². The SMILES string of the molecule is CN(CCC(=O)N[C@@H]1CC(Cn2cc(Cl)cn2)C[C@H]1O)c1ccncc1. The Balaban J connectivity index is 1.44. The van der Waals surface area contributed by atoms with E-state index >= 15 is 0 Å². The molecule has 0 saturated heterocycles. The number of aliphatic hydroxyl groups excluding tert-OH is 1. The Morgan fingerprint density at radius 2 is 2.19 bits per heavy atom. The Hall–Kier alpha value is -2.12. The Morgan fingerprint density at radius 3 is 2.88 bits per heavy atom. The van der Waals surface area contributed by atoms with Crippen LogP contribution in [-0.4, -0.2) is 51.5 Å². The number of pyridine rings is 1. The Kier molecular flexibility index (Phi) is 6.11. The standard InChI is InChI=1S/C18H24ClN5O2/c1-23(15-2-5-20-6-3-15)7-4-18(26)22-16-8-13(9-17(16)25)11-24-12-14(19)10-21-24/h2-3,5-6,10,12-13,16-17,25H,4,7-9,11H2,1H3,(H,22,26)/t13?,16-,17-/m1/s1. The number of halogens is 1. The second kappa shape index (κ2) is 8.51. The van der Waals surface area contributed by atoms with E-state index in [2.05, 4.69) is 15.4 Å². The third-order valence-corrected chi connectivity index (χ3v) is 4.99. The number of nitrogens with zero attached hydrogens (tertiary/aromatic N) is 4. The topological polar surface area (TPSA) is 83.3 Å². The molecule has 2 N–H and O–H groups in total. The highest BCUT2D eigenvalue weighted by molar-refractivity contribution is 6.30. The van der Waals surface area contributed by atoms with Gasteiger partial charge in [0.25, 0.3) is 0 Å². The number of hydrogen-bond donors (Lipinski definition) is 2. The van der Waals surface area contributed by atoms with Crippen LogP contribution in [0.4, 0.5) is 5.69 Å². The highest BCUT2D eigenvalue weighted by Crippen LogP contribution is 2.28. The first-order valence-corrected chi connectivity index (χ1v) is 9.15. The summed E-state index contributed by atoms with van der Waals surface area (Å²) in [6.45, 7) is 1.30. The predicted octanol–water partition coefficient (Wildman–Crippen LogP) is 1.71. The van der Waals surface area contributed by atoms with Crippen LogP contribution in [0.3, 0.4) is 0 Å². The van der Waals surface area contributed by atoms with Crippen LogP contribution in [0.1, 0.15) is 19.3 Å². The fraction of sp³-hybridized carbons (Fsp3) is 0.500. The van der Waals surface area contributed by atoms with Crippen LogP contribution in [0.5, 0.6) is 0 Å². The lowest BCUT2D eigenvalue weighted by Gasteiger charge is -2.20. The second-order valence-corrected chi connectivity index (χ2v) is 7.27. The maximum Gasteiger partial charge on any atom is 0.222 e. The molecular weight excluding hydrogens is 354 g/mol. The number of aliphatic hydroxyl groups is 1. The molecule has 0 spiro atoms. The highest BCUT2D eigenvalue weighted by atomic mass is 35.5. The van der Waals surface area contributed by atoms with Gasteiger partial charge in [-0.05, 0) is 30.9 Å². The van der Waals surface area contributed by atoms with Crippen molar-refractivity contribution in [1.82, 2.24) is 20.1 Å². The summed E-state index contributed by atoms with van der Waals surface area (Å²) < 4.78 is 1.79. The molecular formula is C18H24ClN5O2. The van der Waals surface area contributed by atoms with Crippen LogP contribution in [-0.2, 0) is 11.3 Å². The maximum absolute atomic E-state index is 12.3. The predicted molar refractivity (Wildman–Crippen MR) is 100 cm³/mol. The van der Waals surface area contributed by atoms with E-state index in [0.29, 0.717) is 31.0 Å². The average molecular weight is 378 g/mol. The summed E-state index contributed by atoms with van der Waals surface area (Å²) in [5.74, 6) is 0.225. The molecule has 7 nitrogen and oxygen atoms in total. The molecule has 1 fully saturated rings. The van der Waals surface area contributed by atoms with Crippen LogP contribution < -0.4 is 10.2 Å². The van der Waals surface area contributed by atoms with Gasteiger partial charge < -0.3 is 15.3 Å². The van der Waals surface area contributed by atoms with Gasteiger partial charge in [0.15, 0.2) is 0 Å². The van der Waals surface area contributed by atoms with Crippen LogP contribution in [0.15, 0.2) is 36.9 Å². The number of rotatable bonds is 7. The van der Waals surface area contributed by atoms with Crippen LogP contribution in [0.2, 0.25) is 5.02 Å².